The number of hydrogen-bond acceptors (Lipinski definition) is 4. The first-order valence-corrected chi connectivity index (χ1v) is 9.08. The zero-order chi connectivity index (χ0) is 17.9. The van der Waals surface area contributed by atoms with Gasteiger partial charge in [0.25, 0.3) is 5.91 Å². The van der Waals surface area contributed by atoms with Crippen LogP contribution in [-0.4, -0.2) is 48.8 Å². The normalized spacial score (nSPS) is 14.0. The molecule has 0 unspecified atom stereocenters. The largest absolute Gasteiger partial charge is 0.369 e. The molecule has 2 aromatic carbocycles. The summed E-state index contributed by atoms with van der Waals surface area (Å²) in [6.07, 6.45) is 0. The van der Waals surface area contributed by atoms with E-state index in [1.54, 1.807) is 0 Å². The molecule has 142 valence electrons. The third-order valence-electron chi connectivity index (χ3n) is 4.79. The molecule has 3 N–H and O–H groups in total. The smallest absolute Gasteiger partial charge is 0.251 e. The average Bonchev–Trinajstić information content (AvgIpc) is 3.12. The first kappa shape index (κ1) is 19.2. The summed E-state index contributed by atoms with van der Waals surface area (Å²) < 4.78 is 0. The number of piperazine rings is 1. The molecule has 3 aromatic rings. The number of halogens is 1. The third-order valence-corrected chi connectivity index (χ3v) is 4.79. The Morgan fingerprint density at radius 3 is 2.59 bits per heavy atom. The Hall–Kier alpha value is -2.57. The molecular weight excluding hydrogens is 362 g/mol. The molecular formula is C20H24ClN5O. The number of amides is 1. The fourth-order valence-corrected chi connectivity index (χ4v) is 3.40. The Balaban J connectivity index is 0.00000210. The van der Waals surface area contributed by atoms with Crippen LogP contribution in [0.5, 0.6) is 0 Å². The standard InChI is InChI=1S/C20H23N5O.ClH/c1-2-22-20(26)15-5-8-17-18(13-15)23-24-19(17)14-3-6-16(7-4-14)25-11-9-21-10-12-25;/h3-8,13,21H,2,9-12H2,1H3,(H,22,26)(H,23,24);1H. The second-order valence-corrected chi connectivity index (χ2v) is 6.48. The fourth-order valence-electron chi connectivity index (χ4n) is 3.40. The van der Waals surface area contributed by atoms with Gasteiger partial charge < -0.3 is 15.5 Å². The van der Waals surface area contributed by atoms with Crippen LogP contribution in [0.4, 0.5) is 5.69 Å². The molecule has 1 saturated heterocycles. The molecule has 1 amide bonds. The van der Waals surface area contributed by atoms with E-state index in [9.17, 15) is 4.79 Å². The van der Waals surface area contributed by atoms with Crippen molar-refractivity contribution in [2.24, 2.45) is 0 Å². The summed E-state index contributed by atoms with van der Waals surface area (Å²) in [5.74, 6) is -0.0640. The zero-order valence-electron chi connectivity index (χ0n) is 15.3. The van der Waals surface area contributed by atoms with Gasteiger partial charge >= 0.3 is 0 Å². The van der Waals surface area contributed by atoms with Crippen LogP contribution >= 0.6 is 12.4 Å². The van der Waals surface area contributed by atoms with E-state index in [2.05, 4.69) is 50.0 Å². The highest BCUT2D eigenvalue weighted by molar-refractivity contribution is 6.00. The van der Waals surface area contributed by atoms with Crippen molar-refractivity contribution in [3.05, 3.63) is 48.0 Å². The Kier molecular flexibility index (Phi) is 5.98. The summed E-state index contributed by atoms with van der Waals surface area (Å²) in [7, 11) is 0. The number of nitrogens with one attached hydrogen (secondary N) is 3. The van der Waals surface area contributed by atoms with Crippen molar-refractivity contribution in [2.75, 3.05) is 37.6 Å². The second-order valence-electron chi connectivity index (χ2n) is 6.48. The molecule has 2 heterocycles. The lowest BCUT2D eigenvalue weighted by atomic mass is 10.1. The number of nitrogens with zero attached hydrogens (tertiary/aromatic N) is 2. The number of carbonyl (C=O) groups is 1. The van der Waals surface area contributed by atoms with E-state index in [1.165, 1.54) is 5.69 Å². The van der Waals surface area contributed by atoms with Crippen LogP contribution in [0.25, 0.3) is 22.2 Å². The molecule has 0 aliphatic carbocycles. The first-order chi connectivity index (χ1) is 12.8. The van der Waals surface area contributed by atoms with E-state index < -0.39 is 0 Å². The quantitative estimate of drug-likeness (QED) is 0.645. The number of anilines is 1. The number of hydrogen-bond donors (Lipinski definition) is 3. The Morgan fingerprint density at radius 1 is 1.15 bits per heavy atom. The van der Waals surface area contributed by atoms with Gasteiger partial charge in [0, 0.05) is 54.9 Å². The predicted molar refractivity (Wildman–Crippen MR) is 112 cm³/mol. The molecule has 0 radical (unpaired) electrons. The van der Waals surface area contributed by atoms with Crippen LogP contribution in [0.3, 0.4) is 0 Å². The number of rotatable bonds is 4. The van der Waals surface area contributed by atoms with Gasteiger partial charge in [-0.3, -0.25) is 9.89 Å². The van der Waals surface area contributed by atoms with Crippen molar-refractivity contribution in [1.29, 1.82) is 0 Å². The molecule has 0 atom stereocenters. The molecule has 7 heteroatoms. The zero-order valence-corrected chi connectivity index (χ0v) is 16.1. The second kappa shape index (κ2) is 8.41. The number of carbonyl (C=O) groups excluding carboxylic acids is 1. The molecule has 1 aliphatic rings. The topological polar surface area (TPSA) is 73.1 Å². The molecule has 0 bridgehead atoms. The van der Waals surface area contributed by atoms with Gasteiger partial charge in [-0.15, -0.1) is 12.4 Å². The highest BCUT2D eigenvalue weighted by atomic mass is 35.5. The van der Waals surface area contributed by atoms with E-state index in [1.807, 2.05) is 25.1 Å². The Morgan fingerprint density at radius 2 is 1.89 bits per heavy atom. The third kappa shape index (κ3) is 3.91. The lowest BCUT2D eigenvalue weighted by Gasteiger charge is -2.29. The molecule has 4 rings (SSSR count). The van der Waals surface area contributed by atoms with Crippen molar-refractivity contribution in [1.82, 2.24) is 20.8 Å². The van der Waals surface area contributed by atoms with Crippen molar-refractivity contribution in [2.45, 2.75) is 6.92 Å². The maximum atomic E-state index is 12.0. The molecule has 0 spiro atoms. The van der Waals surface area contributed by atoms with Crippen LogP contribution in [0.1, 0.15) is 17.3 Å². The minimum absolute atomic E-state index is 0. The lowest BCUT2D eigenvalue weighted by Crippen LogP contribution is -2.43. The van der Waals surface area contributed by atoms with Gasteiger partial charge in [-0.05, 0) is 37.3 Å². The fraction of sp³-hybridized carbons (Fsp3) is 0.300. The molecule has 6 nitrogen and oxygen atoms in total. The van der Waals surface area contributed by atoms with Crippen molar-refractivity contribution in [3.8, 4) is 11.3 Å². The van der Waals surface area contributed by atoms with Crippen LogP contribution < -0.4 is 15.5 Å². The highest BCUT2D eigenvalue weighted by Crippen LogP contribution is 2.28. The number of benzene rings is 2. The Bertz CT molecular complexity index is 916. The summed E-state index contributed by atoms with van der Waals surface area (Å²) in [6, 6.07) is 14.2. The predicted octanol–water partition coefficient (Wildman–Crippen LogP) is 2.81. The molecule has 1 fully saturated rings. The first-order valence-electron chi connectivity index (χ1n) is 9.08. The van der Waals surface area contributed by atoms with E-state index in [0.717, 1.165) is 48.3 Å². The van der Waals surface area contributed by atoms with E-state index >= 15 is 0 Å². The van der Waals surface area contributed by atoms with Crippen molar-refractivity contribution >= 4 is 34.9 Å². The lowest BCUT2D eigenvalue weighted by molar-refractivity contribution is 0.0956. The molecule has 0 saturated carbocycles. The summed E-state index contributed by atoms with van der Waals surface area (Å²) >= 11 is 0. The minimum atomic E-state index is -0.0640. The number of H-pyrrole nitrogens is 1. The number of fused-ring (bicyclic) bond motifs is 1. The SMILES string of the molecule is CCNC(=O)c1ccc2c(-c3ccc(N4CCNCC4)cc3)n[nH]c2c1.Cl. The number of aromatic amines is 1. The maximum Gasteiger partial charge on any atom is 0.251 e. The average molecular weight is 386 g/mol. The summed E-state index contributed by atoms with van der Waals surface area (Å²) in [5, 5.41) is 14.7. The van der Waals surface area contributed by atoms with Gasteiger partial charge in [-0.2, -0.15) is 5.10 Å². The monoisotopic (exact) mass is 385 g/mol. The number of aromatic nitrogens is 2. The molecule has 1 aliphatic heterocycles. The van der Waals surface area contributed by atoms with Gasteiger partial charge in [0.1, 0.15) is 0 Å². The van der Waals surface area contributed by atoms with Gasteiger partial charge in [0.05, 0.1) is 11.2 Å². The van der Waals surface area contributed by atoms with Crippen LogP contribution in [-0.2, 0) is 0 Å². The van der Waals surface area contributed by atoms with E-state index in [-0.39, 0.29) is 18.3 Å². The van der Waals surface area contributed by atoms with Crippen LogP contribution in [0.15, 0.2) is 42.5 Å². The highest BCUT2D eigenvalue weighted by Gasteiger charge is 2.13. The maximum absolute atomic E-state index is 12.0. The summed E-state index contributed by atoms with van der Waals surface area (Å²) in [6.45, 7) is 6.65. The van der Waals surface area contributed by atoms with Gasteiger partial charge in [0.2, 0.25) is 0 Å². The van der Waals surface area contributed by atoms with Crippen LogP contribution in [0.2, 0.25) is 0 Å². The van der Waals surface area contributed by atoms with Gasteiger partial charge in [-0.1, -0.05) is 12.1 Å². The summed E-state index contributed by atoms with van der Waals surface area (Å²) in [4.78, 5) is 14.4. The van der Waals surface area contributed by atoms with Crippen molar-refractivity contribution in [3.63, 3.8) is 0 Å². The summed E-state index contributed by atoms with van der Waals surface area (Å²) in [5.41, 5.74) is 4.74. The molecule has 1 aromatic heterocycles. The Labute approximate surface area is 164 Å². The van der Waals surface area contributed by atoms with Gasteiger partial charge in [-0.25, -0.2) is 0 Å². The van der Waals surface area contributed by atoms with E-state index in [4.69, 9.17) is 0 Å². The van der Waals surface area contributed by atoms with Crippen LogP contribution in [0, 0.1) is 0 Å². The van der Waals surface area contributed by atoms with E-state index in [0.29, 0.717) is 12.1 Å². The minimum Gasteiger partial charge on any atom is -0.369 e. The van der Waals surface area contributed by atoms with Gasteiger partial charge in [0.15, 0.2) is 0 Å². The molecule has 27 heavy (non-hydrogen) atoms. The van der Waals surface area contributed by atoms with Crippen molar-refractivity contribution < 1.29 is 4.79 Å².